The lowest BCUT2D eigenvalue weighted by molar-refractivity contribution is 0.0503. The van der Waals surface area contributed by atoms with Crippen molar-refractivity contribution < 1.29 is 27.8 Å². The van der Waals surface area contributed by atoms with E-state index in [1.165, 1.54) is 12.3 Å². The monoisotopic (exact) mass is 468 g/mol. The highest BCUT2D eigenvalue weighted by atomic mass is 19.1. The van der Waals surface area contributed by atoms with Crippen molar-refractivity contribution in [2.45, 2.75) is 52.2 Å². The maximum Gasteiger partial charge on any atom is 0.408 e. The van der Waals surface area contributed by atoms with Crippen LogP contribution in [0.15, 0.2) is 36.5 Å². The molecule has 1 unspecified atom stereocenters. The fourth-order valence-electron chi connectivity index (χ4n) is 4.26. The Labute approximate surface area is 196 Å². The highest BCUT2D eigenvalue weighted by molar-refractivity contribution is 6.17. The lowest BCUT2D eigenvalue weighted by atomic mass is 9.94. The van der Waals surface area contributed by atoms with E-state index < -0.39 is 40.7 Å². The van der Waals surface area contributed by atoms with Gasteiger partial charge in [0.25, 0.3) is 0 Å². The first-order chi connectivity index (χ1) is 16.1. The predicted molar refractivity (Wildman–Crippen MR) is 123 cm³/mol. The predicted octanol–water partition coefficient (Wildman–Crippen LogP) is 5.65. The number of amides is 1. The SMILES string of the molecule is CCOc1nccc2c(C(=O)c3c(F)cc4c(c3F)CCC4NC(=O)OC(C)(C)C)cccc12. The van der Waals surface area contributed by atoms with Crippen LogP contribution in [0.5, 0.6) is 5.88 Å². The van der Waals surface area contributed by atoms with E-state index in [4.69, 9.17) is 9.47 Å². The number of aromatic nitrogens is 1. The number of halogens is 2. The molecule has 3 aromatic rings. The summed E-state index contributed by atoms with van der Waals surface area (Å²) < 4.78 is 41.5. The molecule has 8 heteroatoms. The largest absolute Gasteiger partial charge is 0.478 e. The Balaban J connectivity index is 1.71. The van der Waals surface area contributed by atoms with Crippen molar-refractivity contribution in [2.75, 3.05) is 6.61 Å². The van der Waals surface area contributed by atoms with Crippen molar-refractivity contribution in [1.82, 2.24) is 10.3 Å². The van der Waals surface area contributed by atoms with E-state index in [2.05, 4.69) is 10.3 Å². The molecule has 0 radical (unpaired) electrons. The number of pyridine rings is 1. The summed E-state index contributed by atoms with van der Waals surface area (Å²) in [5.74, 6) is -2.29. The molecule has 0 saturated heterocycles. The lowest BCUT2D eigenvalue weighted by Crippen LogP contribution is -2.34. The summed E-state index contributed by atoms with van der Waals surface area (Å²) in [7, 11) is 0. The average molecular weight is 469 g/mol. The average Bonchev–Trinajstić information content (AvgIpc) is 3.14. The van der Waals surface area contributed by atoms with E-state index >= 15 is 8.78 Å². The molecule has 6 nitrogen and oxygen atoms in total. The van der Waals surface area contributed by atoms with Crippen LogP contribution < -0.4 is 10.1 Å². The first-order valence-corrected chi connectivity index (χ1v) is 11.2. The third kappa shape index (κ3) is 4.44. The maximum atomic E-state index is 15.5. The summed E-state index contributed by atoms with van der Waals surface area (Å²) in [6, 6.07) is 7.05. The van der Waals surface area contributed by atoms with Crippen molar-refractivity contribution in [2.24, 2.45) is 0 Å². The standard InChI is InChI=1S/C26H26F2N2O4/c1-5-33-24-17-8-6-7-16(14(17)11-12-29-24)23(31)21-19(27)13-18-15(22(21)28)9-10-20(18)30-25(32)34-26(2,3)4/h6-8,11-13,20H,5,9-10H2,1-4H3,(H,30,32). The van der Waals surface area contributed by atoms with Crippen LogP contribution in [0.1, 0.15) is 67.2 Å². The van der Waals surface area contributed by atoms with Gasteiger partial charge in [-0.2, -0.15) is 0 Å². The second kappa shape index (κ2) is 9.00. The molecule has 2 aromatic carbocycles. The minimum Gasteiger partial charge on any atom is -0.478 e. The van der Waals surface area contributed by atoms with Gasteiger partial charge in [-0.1, -0.05) is 12.1 Å². The molecule has 0 saturated carbocycles. The zero-order chi connectivity index (χ0) is 24.6. The summed E-state index contributed by atoms with van der Waals surface area (Å²) in [5, 5.41) is 3.75. The number of fused-ring (bicyclic) bond motifs is 2. The Morgan fingerprint density at radius 1 is 1.18 bits per heavy atom. The van der Waals surface area contributed by atoms with Gasteiger partial charge in [-0.15, -0.1) is 0 Å². The highest BCUT2D eigenvalue weighted by Gasteiger charge is 2.33. The summed E-state index contributed by atoms with van der Waals surface area (Å²) >= 11 is 0. The zero-order valence-electron chi connectivity index (χ0n) is 19.5. The summed E-state index contributed by atoms with van der Waals surface area (Å²) in [6.45, 7) is 7.39. The maximum absolute atomic E-state index is 15.5. The van der Waals surface area contributed by atoms with Crippen molar-refractivity contribution in [3.63, 3.8) is 0 Å². The first kappa shape index (κ1) is 23.6. The summed E-state index contributed by atoms with van der Waals surface area (Å²) in [4.78, 5) is 29.7. The highest BCUT2D eigenvalue weighted by Crippen LogP contribution is 2.37. The van der Waals surface area contributed by atoms with Crippen molar-refractivity contribution >= 4 is 22.6 Å². The number of hydrogen-bond acceptors (Lipinski definition) is 5. The van der Waals surface area contributed by atoms with Gasteiger partial charge in [-0.25, -0.2) is 18.6 Å². The fraction of sp³-hybridized carbons (Fsp3) is 0.346. The van der Waals surface area contributed by atoms with Gasteiger partial charge < -0.3 is 14.8 Å². The summed E-state index contributed by atoms with van der Waals surface area (Å²) in [5.41, 5.74) is -0.617. The Morgan fingerprint density at radius 3 is 2.65 bits per heavy atom. The molecule has 0 fully saturated rings. The van der Waals surface area contributed by atoms with E-state index in [0.717, 1.165) is 6.07 Å². The van der Waals surface area contributed by atoms with Gasteiger partial charge in [0.2, 0.25) is 5.88 Å². The number of rotatable bonds is 5. The Morgan fingerprint density at radius 2 is 1.94 bits per heavy atom. The molecule has 4 rings (SSSR count). The van der Waals surface area contributed by atoms with Crippen molar-refractivity contribution in [3.05, 3.63) is 70.4 Å². The smallest absolute Gasteiger partial charge is 0.408 e. The van der Waals surface area contributed by atoms with Crippen LogP contribution >= 0.6 is 0 Å². The minimum absolute atomic E-state index is 0.153. The Kier molecular flexibility index (Phi) is 6.25. The number of alkyl carbamates (subject to hydrolysis) is 1. The third-order valence-corrected chi connectivity index (χ3v) is 5.63. The molecule has 1 aromatic heterocycles. The van der Waals surface area contributed by atoms with Gasteiger partial charge in [0, 0.05) is 17.1 Å². The van der Waals surface area contributed by atoms with Gasteiger partial charge in [0.05, 0.1) is 18.2 Å². The molecule has 0 bridgehead atoms. The molecule has 1 N–H and O–H groups in total. The van der Waals surface area contributed by atoms with Crippen LogP contribution in [0.25, 0.3) is 10.8 Å². The molecule has 0 spiro atoms. The fourth-order valence-corrected chi connectivity index (χ4v) is 4.26. The first-order valence-electron chi connectivity index (χ1n) is 11.2. The second-order valence-corrected chi connectivity index (χ2v) is 9.13. The molecule has 1 heterocycles. The van der Waals surface area contributed by atoms with Gasteiger partial charge in [0.15, 0.2) is 5.78 Å². The van der Waals surface area contributed by atoms with Gasteiger partial charge >= 0.3 is 6.09 Å². The molecule has 0 aliphatic heterocycles. The lowest BCUT2D eigenvalue weighted by Gasteiger charge is -2.22. The zero-order valence-corrected chi connectivity index (χ0v) is 19.5. The number of carbonyl (C=O) groups is 2. The molecule has 1 aliphatic carbocycles. The van der Waals surface area contributed by atoms with E-state index in [1.54, 1.807) is 39.0 Å². The molecule has 34 heavy (non-hydrogen) atoms. The number of ether oxygens (including phenoxy) is 2. The van der Waals surface area contributed by atoms with E-state index in [-0.39, 0.29) is 17.5 Å². The van der Waals surface area contributed by atoms with Crippen LogP contribution in [0.2, 0.25) is 0 Å². The normalized spacial score (nSPS) is 15.2. The number of nitrogens with zero attached hydrogens (tertiary/aromatic N) is 1. The van der Waals surface area contributed by atoms with Crippen LogP contribution in [0, 0.1) is 11.6 Å². The van der Waals surface area contributed by atoms with Crippen molar-refractivity contribution in [1.29, 1.82) is 0 Å². The van der Waals surface area contributed by atoms with Crippen LogP contribution in [-0.4, -0.2) is 29.1 Å². The topological polar surface area (TPSA) is 77.5 Å². The number of hydrogen-bond donors (Lipinski definition) is 1. The van der Waals surface area contributed by atoms with Gasteiger partial charge in [0.1, 0.15) is 17.2 Å². The van der Waals surface area contributed by atoms with E-state index in [0.29, 0.717) is 35.2 Å². The minimum atomic E-state index is -0.977. The second-order valence-electron chi connectivity index (χ2n) is 9.13. The molecule has 1 amide bonds. The summed E-state index contributed by atoms with van der Waals surface area (Å²) in [6.07, 6.45) is 1.46. The Hall–Kier alpha value is -3.55. The van der Waals surface area contributed by atoms with E-state index in [9.17, 15) is 9.59 Å². The molecular formula is C26H26F2N2O4. The Bertz CT molecular complexity index is 1280. The number of ketones is 1. The molecule has 1 aliphatic rings. The number of benzene rings is 2. The van der Waals surface area contributed by atoms with Crippen LogP contribution in [0.3, 0.4) is 0 Å². The number of nitrogens with one attached hydrogen (secondary N) is 1. The van der Waals surface area contributed by atoms with E-state index in [1.807, 2.05) is 6.92 Å². The third-order valence-electron chi connectivity index (χ3n) is 5.63. The number of carbonyl (C=O) groups excluding carboxylic acids is 2. The quantitative estimate of drug-likeness (QED) is 0.490. The van der Waals surface area contributed by atoms with Crippen molar-refractivity contribution in [3.8, 4) is 5.88 Å². The molecule has 178 valence electrons. The molecule has 1 atom stereocenters. The van der Waals surface area contributed by atoms with Crippen LogP contribution in [0.4, 0.5) is 13.6 Å². The molecular weight excluding hydrogens is 442 g/mol. The van der Waals surface area contributed by atoms with Gasteiger partial charge in [-0.05, 0) is 75.2 Å². The van der Waals surface area contributed by atoms with Gasteiger partial charge in [-0.3, -0.25) is 4.79 Å². The van der Waals surface area contributed by atoms with Crippen LogP contribution in [-0.2, 0) is 11.2 Å².